The first kappa shape index (κ1) is 24.6. The molecule has 0 bridgehead atoms. The van der Waals surface area contributed by atoms with Gasteiger partial charge in [-0.15, -0.1) is 11.8 Å². The highest BCUT2D eigenvalue weighted by Gasteiger charge is 2.40. The van der Waals surface area contributed by atoms with Crippen LogP contribution < -0.4 is 10.2 Å². The van der Waals surface area contributed by atoms with Crippen molar-refractivity contribution in [2.24, 2.45) is 10.2 Å². The Bertz CT molecular complexity index is 1570. The highest BCUT2D eigenvalue weighted by molar-refractivity contribution is 8.00. The fourth-order valence-corrected chi connectivity index (χ4v) is 5.50. The standard InChI is InChI=1S/C30H22N4O4S/c35-27-18-26(29(36)34(27)22-14-10-21(11-15-22)33-32-20-6-2-1-3-7-20)39-23-16-12-19(13-17-23)31-28-24-8-4-5-9-25(24)30(37)38-28/h1-17,26,28,31H,18H2. The van der Waals surface area contributed by atoms with Crippen LogP contribution in [0.15, 0.2) is 118 Å². The van der Waals surface area contributed by atoms with E-state index >= 15 is 0 Å². The van der Waals surface area contributed by atoms with E-state index in [0.717, 1.165) is 21.8 Å². The number of rotatable bonds is 7. The van der Waals surface area contributed by atoms with Crippen LogP contribution in [0.1, 0.15) is 28.6 Å². The number of ether oxygens (including phenoxy) is 1. The lowest BCUT2D eigenvalue weighted by Crippen LogP contribution is -2.30. The number of azo groups is 1. The molecule has 0 saturated carbocycles. The second-order valence-corrected chi connectivity index (χ2v) is 10.2. The second kappa shape index (κ2) is 10.5. The highest BCUT2D eigenvalue weighted by atomic mass is 32.2. The summed E-state index contributed by atoms with van der Waals surface area (Å²) in [6.07, 6.45) is -0.436. The molecule has 2 heterocycles. The first-order chi connectivity index (χ1) is 19.0. The lowest BCUT2D eigenvalue weighted by molar-refractivity contribution is -0.121. The lowest BCUT2D eigenvalue weighted by atomic mass is 10.1. The Kier molecular flexibility index (Phi) is 6.64. The summed E-state index contributed by atoms with van der Waals surface area (Å²) in [6, 6.07) is 31.0. The number of thioether (sulfide) groups is 1. The molecule has 0 aromatic heterocycles. The number of nitrogens with zero attached hydrogens (tertiary/aromatic N) is 3. The van der Waals surface area contributed by atoms with Gasteiger partial charge >= 0.3 is 5.97 Å². The average molecular weight is 535 g/mol. The number of hydrogen-bond donors (Lipinski definition) is 1. The molecule has 0 spiro atoms. The third-order valence-electron chi connectivity index (χ3n) is 6.37. The smallest absolute Gasteiger partial charge is 0.340 e. The van der Waals surface area contributed by atoms with Gasteiger partial charge in [0.25, 0.3) is 0 Å². The van der Waals surface area contributed by atoms with Crippen molar-refractivity contribution in [2.45, 2.75) is 22.8 Å². The van der Waals surface area contributed by atoms with Crippen molar-refractivity contribution in [3.05, 3.63) is 114 Å². The van der Waals surface area contributed by atoms with Gasteiger partial charge in [0.2, 0.25) is 18.0 Å². The van der Waals surface area contributed by atoms with Gasteiger partial charge < -0.3 is 10.1 Å². The third-order valence-corrected chi connectivity index (χ3v) is 7.57. The molecule has 1 fully saturated rings. The van der Waals surface area contributed by atoms with E-state index in [2.05, 4.69) is 15.5 Å². The minimum absolute atomic E-state index is 0.119. The molecule has 2 atom stereocenters. The minimum atomic E-state index is -0.555. The predicted octanol–water partition coefficient (Wildman–Crippen LogP) is 6.81. The Hall–Kier alpha value is -4.76. The number of imide groups is 1. The Balaban J connectivity index is 1.08. The molecule has 0 aliphatic carbocycles. The van der Waals surface area contributed by atoms with Gasteiger partial charge in [-0.25, -0.2) is 9.69 Å². The number of cyclic esters (lactones) is 1. The number of esters is 1. The second-order valence-electron chi connectivity index (χ2n) is 8.97. The average Bonchev–Trinajstić information content (AvgIpc) is 3.43. The maximum absolute atomic E-state index is 13.1. The molecule has 192 valence electrons. The van der Waals surface area contributed by atoms with Gasteiger partial charge in [-0.3, -0.25) is 9.59 Å². The van der Waals surface area contributed by atoms with Crippen LogP contribution in [0, 0.1) is 0 Å². The van der Waals surface area contributed by atoms with Crippen LogP contribution in [-0.4, -0.2) is 23.0 Å². The number of carbonyl (C=O) groups excluding carboxylic acids is 3. The summed E-state index contributed by atoms with van der Waals surface area (Å²) >= 11 is 1.35. The summed E-state index contributed by atoms with van der Waals surface area (Å²) in [6.45, 7) is 0. The maximum Gasteiger partial charge on any atom is 0.340 e. The summed E-state index contributed by atoms with van der Waals surface area (Å²) in [5.41, 5.74) is 4.00. The molecule has 39 heavy (non-hydrogen) atoms. The van der Waals surface area contributed by atoms with Crippen LogP contribution in [0.5, 0.6) is 0 Å². The van der Waals surface area contributed by atoms with Gasteiger partial charge in [-0.1, -0.05) is 36.4 Å². The summed E-state index contributed by atoms with van der Waals surface area (Å²) in [7, 11) is 0. The van der Waals surface area contributed by atoms with Crippen LogP contribution in [0.4, 0.5) is 22.7 Å². The molecule has 1 saturated heterocycles. The minimum Gasteiger partial charge on any atom is -0.434 e. The fourth-order valence-electron chi connectivity index (χ4n) is 4.44. The number of amides is 2. The Morgan fingerprint density at radius 1 is 0.769 bits per heavy atom. The molecule has 2 unspecified atom stereocenters. The predicted molar refractivity (Wildman–Crippen MR) is 148 cm³/mol. The number of hydrogen-bond acceptors (Lipinski definition) is 8. The summed E-state index contributed by atoms with van der Waals surface area (Å²) in [4.78, 5) is 40.0. The number of fused-ring (bicyclic) bond motifs is 1. The zero-order valence-corrected chi connectivity index (χ0v) is 21.4. The van der Waals surface area contributed by atoms with E-state index in [1.54, 1.807) is 36.4 Å². The van der Waals surface area contributed by atoms with E-state index in [1.165, 1.54) is 16.7 Å². The molecular weight excluding hydrogens is 512 g/mol. The monoisotopic (exact) mass is 534 g/mol. The summed E-state index contributed by atoms with van der Waals surface area (Å²) in [5.74, 6) is -0.841. The van der Waals surface area contributed by atoms with E-state index in [4.69, 9.17) is 4.74 Å². The molecule has 6 rings (SSSR count). The van der Waals surface area contributed by atoms with Crippen LogP contribution in [0.25, 0.3) is 0 Å². The summed E-state index contributed by atoms with van der Waals surface area (Å²) < 4.78 is 5.44. The first-order valence-corrected chi connectivity index (χ1v) is 13.2. The van der Waals surface area contributed by atoms with Crippen molar-refractivity contribution < 1.29 is 19.1 Å². The van der Waals surface area contributed by atoms with Crippen molar-refractivity contribution in [3.63, 3.8) is 0 Å². The van der Waals surface area contributed by atoms with E-state index in [1.807, 2.05) is 66.7 Å². The van der Waals surface area contributed by atoms with E-state index < -0.39 is 11.5 Å². The first-order valence-electron chi connectivity index (χ1n) is 12.3. The molecule has 2 amide bonds. The molecule has 4 aromatic rings. The summed E-state index contributed by atoms with van der Waals surface area (Å²) in [5, 5.41) is 11.1. The van der Waals surface area contributed by atoms with Gasteiger partial charge in [0.15, 0.2) is 0 Å². The van der Waals surface area contributed by atoms with Gasteiger partial charge in [0.05, 0.1) is 27.9 Å². The van der Waals surface area contributed by atoms with Gasteiger partial charge in [0, 0.05) is 22.6 Å². The molecule has 2 aliphatic rings. The Morgan fingerprint density at radius 2 is 1.44 bits per heavy atom. The SMILES string of the molecule is O=C1OC(Nc2ccc(SC3CC(=O)N(c4ccc(N=Nc5ccccc5)cc4)C3=O)cc2)c2ccccc21. The van der Waals surface area contributed by atoms with E-state index in [0.29, 0.717) is 16.9 Å². The van der Waals surface area contributed by atoms with Crippen LogP contribution in [0.3, 0.4) is 0 Å². The van der Waals surface area contributed by atoms with Crippen molar-refractivity contribution in [1.82, 2.24) is 0 Å². The largest absolute Gasteiger partial charge is 0.434 e. The normalized spacial score (nSPS) is 18.5. The molecule has 9 heteroatoms. The van der Waals surface area contributed by atoms with Crippen molar-refractivity contribution in [1.29, 1.82) is 0 Å². The molecule has 4 aromatic carbocycles. The quantitative estimate of drug-likeness (QED) is 0.159. The Morgan fingerprint density at radius 3 is 2.18 bits per heavy atom. The van der Waals surface area contributed by atoms with Crippen molar-refractivity contribution in [2.75, 3.05) is 10.2 Å². The molecule has 0 radical (unpaired) electrons. The number of benzene rings is 4. The molecule has 1 N–H and O–H groups in total. The number of nitrogens with one attached hydrogen (secondary N) is 1. The van der Waals surface area contributed by atoms with Gasteiger partial charge in [0.1, 0.15) is 0 Å². The highest BCUT2D eigenvalue weighted by Crippen LogP contribution is 2.36. The van der Waals surface area contributed by atoms with Crippen LogP contribution in [-0.2, 0) is 14.3 Å². The zero-order valence-electron chi connectivity index (χ0n) is 20.6. The molecular formula is C30H22N4O4S. The van der Waals surface area contributed by atoms with Crippen molar-refractivity contribution in [3.8, 4) is 0 Å². The fraction of sp³-hybridized carbons (Fsp3) is 0.100. The lowest BCUT2D eigenvalue weighted by Gasteiger charge is -2.16. The molecule has 2 aliphatic heterocycles. The topological polar surface area (TPSA) is 100 Å². The number of anilines is 2. The van der Waals surface area contributed by atoms with Gasteiger partial charge in [-0.2, -0.15) is 10.2 Å². The van der Waals surface area contributed by atoms with E-state index in [9.17, 15) is 14.4 Å². The molecule has 8 nitrogen and oxygen atoms in total. The zero-order chi connectivity index (χ0) is 26.8. The number of carbonyl (C=O) groups is 3. The van der Waals surface area contributed by atoms with Gasteiger partial charge in [-0.05, 0) is 66.7 Å². The third kappa shape index (κ3) is 5.17. The van der Waals surface area contributed by atoms with Crippen LogP contribution in [0.2, 0.25) is 0 Å². The Labute approximate surface area is 228 Å². The van der Waals surface area contributed by atoms with Crippen LogP contribution >= 0.6 is 11.8 Å². The van der Waals surface area contributed by atoms with Crippen molar-refractivity contribution >= 4 is 52.3 Å². The maximum atomic E-state index is 13.1. The van der Waals surface area contributed by atoms with E-state index in [-0.39, 0.29) is 24.2 Å².